The van der Waals surface area contributed by atoms with Crippen LogP contribution in [0.25, 0.3) is 11.4 Å². The number of benzene rings is 1. The first-order valence-electron chi connectivity index (χ1n) is 6.38. The van der Waals surface area contributed by atoms with Gasteiger partial charge in [0.15, 0.2) is 5.82 Å². The highest BCUT2D eigenvalue weighted by atomic mass is 16.5. The normalized spacial score (nSPS) is 12.4. The summed E-state index contributed by atoms with van der Waals surface area (Å²) in [6.45, 7) is 3.77. The van der Waals surface area contributed by atoms with Crippen LogP contribution in [0.2, 0.25) is 0 Å². The van der Waals surface area contributed by atoms with Crippen LogP contribution in [0.5, 0.6) is 0 Å². The number of nitrogens with one attached hydrogen (secondary N) is 1. The highest BCUT2D eigenvalue weighted by molar-refractivity contribution is 5.73. The third kappa shape index (κ3) is 3.32. The Labute approximate surface area is 113 Å². The Hall–Kier alpha value is -1.88. The summed E-state index contributed by atoms with van der Waals surface area (Å²) in [5.74, 6) is 1.32. The lowest BCUT2D eigenvalue weighted by molar-refractivity contribution is 0.164. The number of nitrogens with zero attached hydrogens (tertiary/aromatic N) is 3. The van der Waals surface area contributed by atoms with E-state index in [0.717, 1.165) is 30.2 Å². The van der Waals surface area contributed by atoms with E-state index in [1.165, 1.54) is 0 Å². The second-order valence-corrected chi connectivity index (χ2v) is 4.75. The van der Waals surface area contributed by atoms with Gasteiger partial charge in [0.2, 0.25) is 0 Å². The van der Waals surface area contributed by atoms with Crippen LogP contribution in [0.15, 0.2) is 30.6 Å². The topological polar surface area (TPSA) is 52.0 Å². The second kappa shape index (κ2) is 6.33. The van der Waals surface area contributed by atoms with Crippen molar-refractivity contribution < 1.29 is 4.74 Å². The fourth-order valence-electron chi connectivity index (χ4n) is 1.99. The van der Waals surface area contributed by atoms with Crippen molar-refractivity contribution in [3.63, 3.8) is 0 Å². The Balaban J connectivity index is 2.15. The second-order valence-electron chi connectivity index (χ2n) is 4.75. The Morgan fingerprint density at radius 2 is 2.16 bits per heavy atom. The van der Waals surface area contributed by atoms with Gasteiger partial charge in [0.05, 0.1) is 6.61 Å². The molecule has 0 aliphatic rings. The fourth-order valence-corrected chi connectivity index (χ4v) is 1.99. The monoisotopic (exact) mass is 260 g/mol. The molecule has 1 unspecified atom stereocenters. The van der Waals surface area contributed by atoms with E-state index in [-0.39, 0.29) is 0 Å². The van der Waals surface area contributed by atoms with E-state index in [1.807, 2.05) is 29.8 Å². The first-order chi connectivity index (χ1) is 9.22. The zero-order valence-corrected chi connectivity index (χ0v) is 11.6. The van der Waals surface area contributed by atoms with E-state index in [4.69, 9.17) is 4.74 Å². The fraction of sp³-hybridized carbons (Fsp3) is 0.429. The molecule has 5 heteroatoms. The number of ether oxygens (including phenoxy) is 1. The molecule has 1 aromatic heterocycles. The number of aromatic nitrogens is 3. The van der Waals surface area contributed by atoms with Crippen molar-refractivity contribution in [2.45, 2.75) is 6.92 Å². The molecule has 5 nitrogen and oxygen atoms in total. The molecule has 0 bridgehead atoms. The summed E-state index contributed by atoms with van der Waals surface area (Å²) >= 11 is 0. The van der Waals surface area contributed by atoms with Crippen LogP contribution in [0.3, 0.4) is 0 Å². The number of para-hydroxylation sites is 1. The molecular formula is C14H20N4O. The third-order valence-electron chi connectivity index (χ3n) is 2.97. The molecule has 0 saturated heterocycles. The minimum atomic E-state index is 0.456. The molecule has 0 radical (unpaired) electrons. The Kier molecular flexibility index (Phi) is 4.52. The molecule has 1 atom stereocenters. The van der Waals surface area contributed by atoms with E-state index in [0.29, 0.717) is 5.92 Å². The predicted molar refractivity (Wildman–Crippen MR) is 76.0 cm³/mol. The van der Waals surface area contributed by atoms with Crippen LogP contribution in [-0.4, -0.2) is 35.0 Å². The van der Waals surface area contributed by atoms with Crippen LogP contribution >= 0.6 is 0 Å². The van der Waals surface area contributed by atoms with Gasteiger partial charge in [0.25, 0.3) is 0 Å². The summed E-state index contributed by atoms with van der Waals surface area (Å²) in [7, 11) is 3.67. The molecule has 1 N–H and O–H groups in total. The summed E-state index contributed by atoms with van der Waals surface area (Å²) in [5, 5.41) is 11.5. The third-order valence-corrected chi connectivity index (χ3v) is 2.97. The molecule has 0 aliphatic carbocycles. The van der Waals surface area contributed by atoms with Gasteiger partial charge in [0, 0.05) is 32.0 Å². The van der Waals surface area contributed by atoms with Crippen molar-refractivity contribution >= 4 is 5.69 Å². The number of methoxy groups -OCH3 is 1. The zero-order chi connectivity index (χ0) is 13.7. The maximum absolute atomic E-state index is 5.15. The number of rotatable bonds is 6. The summed E-state index contributed by atoms with van der Waals surface area (Å²) in [5.41, 5.74) is 2.13. The maximum atomic E-state index is 5.15. The van der Waals surface area contributed by atoms with Crippen molar-refractivity contribution in [3.05, 3.63) is 30.6 Å². The quantitative estimate of drug-likeness (QED) is 0.865. The van der Waals surface area contributed by atoms with E-state index in [9.17, 15) is 0 Å². The van der Waals surface area contributed by atoms with Gasteiger partial charge in [0.1, 0.15) is 6.33 Å². The molecular weight excluding hydrogens is 240 g/mol. The average molecular weight is 260 g/mol. The SMILES string of the molecule is COCC(C)CNc1ccccc1-c1nncn1C. The van der Waals surface area contributed by atoms with Crippen molar-refractivity contribution in [3.8, 4) is 11.4 Å². The van der Waals surface area contributed by atoms with Gasteiger partial charge in [-0.2, -0.15) is 0 Å². The zero-order valence-electron chi connectivity index (χ0n) is 11.6. The van der Waals surface area contributed by atoms with Gasteiger partial charge in [-0.3, -0.25) is 0 Å². The molecule has 1 heterocycles. The van der Waals surface area contributed by atoms with Crippen LogP contribution in [0.4, 0.5) is 5.69 Å². The molecule has 0 aliphatic heterocycles. The number of hydrogen-bond donors (Lipinski definition) is 1. The summed E-state index contributed by atoms with van der Waals surface area (Å²) in [6.07, 6.45) is 1.71. The minimum Gasteiger partial charge on any atom is -0.384 e. The van der Waals surface area contributed by atoms with E-state index in [2.05, 4.69) is 28.5 Å². The highest BCUT2D eigenvalue weighted by Crippen LogP contribution is 2.25. The Morgan fingerprint density at radius 3 is 2.84 bits per heavy atom. The van der Waals surface area contributed by atoms with Gasteiger partial charge >= 0.3 is 0 Å². The van der Waals surface area contributed by atoms with Gasteiger partial charge in [-0.05, 0) is 18.1 Å². The number of aryl methyl sites for hydroxylation is 1. The summed E-state index contributed by atoms with van der Waals surface area (Å²) < 4.78 is 7.06. The van der Waals surface area contributed by atoms with Crippen LogP contribution in [0.1, 0.15) is 6.92 Å². The van der Waals surface area contributed by atoms with E-state index < -0.39 is 0 Å². The smallest absolute Gasteiger partial charge is 0.165 e. The van der Waals surface area contributed by atoms with Gasteiger partial charge in [-0.25, -0.2) is 0 Å². The Bertz CT molecular complexity index is 524. The molecule has 1 aromatic carbocycles. The van der Waals surface area contributed by atoms with E-state index in [1.54, 1.807) is 13.4 Å². The van der Waals surface area contributed by atoms with Crippen molar-refractivity contribution in [1.29, 1.82) is 0 Å². The van der Waals surface area contributed by atoms with Crippen LogP contribution < -0.4 is 5.32 Å². The lowest BCUT2D eigenvalue weighted by Crippen LogP contribution is -2.16. The largest absolute Gasteiger partial charge is 0.384 e. The van der Waals surface area contributed by atoms with Gasteiger partial charge in [-0.1, -0.05) is 19.1 Å². The standard InChI is InChI=1S/C14H20N4O/c1-11(9-19-3)8-15-13-7-5-4-6-12(13)14-17-16-10-18(14)2/h4-7,10-11,15H,8-9H2,1-3H3. The highest BCUT2D eigenvalue weighted by Gasteiger charge is 2.10. The molecule has 2 aromatic rings. The van der Waals surface area contributed by atoms with Crippen molar-refractivity contribution in [2.75, 3.05) is 25.6 Å². The minimum absolute atomic E-state index is 0.456. The molecule has 0 spiro atoms. The summed E-state index contributed by atoms with van der Waals surface area (Å²) in [4.78, 5) is 0. The van der Waals surface area contributed by atoms with Gasteiger partial charge < -0.3 is 14.6 Å². The lowest BCUT2D eigenvalue weighted by atomic mass is 10.1. The van der Waals surface area contributed by atoms with Gasteiger partial charge in [-0.15, -0.1) is 10.2 Å². The maximum Gasteiger partial charge on any atom is 0.165 e. The summed E-state index contributed by atoms with van der Waals surface area (Å²) in [6, 6.07) is 8.13. The molecule has 2 rings (SSSR count). The van der Waals surface area contributed by atoms with Crippen molar-refractivity contribution in [1.82, 2.24) is 14.8 Å². The molecule has 19 heavy (non-hydrogen) atoms. The lowest BCUT2D eigenvalue weighted by Gasteiger charge is -2.15. The van der Waals surface area contributed by atoms with E-state index >= 15 is 0 Å². The van der Waals surface area contributed by atoms with Crippen LogP contribution in [0, 0.1) is 5.92 Å². The number of anilines is 1. The average Bonchev–Trinajstić information content (AvgIpc) is 2.83. The molecule has 0 saturated carbocycles. The van der Waals surface area contributed by atoms with Crippen molar-refractivity contribution in [2.24, 2.45) is 13.0 Å². The van der Waals surface area contributed by atoms with Crippen LogP contribution in [-0.2, 0) is 11.8 Å². The first-order valence-corrected chi connectivity index (χ1v) is 6.38. The predicted octanol–water partition coefficient (Wildman–Crippen LogP) is 2.18. The Morgan fingerprint density at radius 1 is 1.37 bits per heavy atom. The molecule has 0 amide bonds. The first kappa shape index (κ1) is 13.5. The molecule has 0 fully saturated rings. The number of hydrogen-bond acceptors (Lipinski definition) is 4. The molecule has 102 valence electrons.